The summed E-state index contributed by atoms with van der Waals surface area (Å²) in [7, 11) is 0. The summed E-state index contributed by atoms with van der Waals surface area (Å²) in [6.07, 6.45) is 0.169. The first-order chi connectivity index (χ1) is 20.0. The van der Waals surface area contributed by atoms with Crippen molar-refractivity contribution in [1.82, 2.24) is 0 Å². The molecule has 0 bridgehead atoms. The average molecular weight is 572 g/mol. The Bertz CT molecular complexity index is 1570. The standard InChI is InChI=1S/C33H33NO8/c1-19-12-22(15-28(34)33(38)39)4-11-30(19)41-27-9-10-29(35)24(17-27)18-40-25-5-7-26(8-6-25)42-32-20(2)13-23(14-21(32)3)16-31(36)37/h4-14,17,28,35H,15-16,18,34H2,1-3H3,(H,36,37)(H,38,39). The molecule has 0 saturated heterocycles. The van der Waals surface area contributed by atoms with Gasteiger partial charge >= 0.3 is 11.9 Å². The molecule has 0 radical (unpaired) electrons. The molecule has 9 nitrogen and oxygen atoms in total. The second-order valence-electron chi connectivity index (χ2n) is 10.1. The lowest BCUT2D eigenvalue weighted by Crippen LogP contribution is -2.32. The maximum Gasteiger partial charge on any atom is 0.320 e. The van der Waals surface area contributed by atoms with Crippen LogP contribution in [0.5, 0.6) is 34.5 Å². The quantitative estimate of drug-likeness (QED) is 0.159. The van der Waals surface area contributed by atoms with Gasteiger partial charge in [0.25, 0.3) is 0 Å². The minimum Gasteiger partial charge on any atom is -0.508 e. The van der Waals surface area contributed by atoms with Crippen molar-refractivity contribution in [2.45, 2.75) is 46.3 Å². The highest BCUT2D eigenvalue weighted by atomic mass is 16.5. The topological polar surface area (TPSA) is 149 Å². The van der Waals surface area contributed by atoms with Gasteiger partial charge in [0.05, 0.1) is 6.42 Å². The van der Waals surface area contributed by atoms with Crippen molar-refractivity contribution in [1.29, 1.82) is 0 Å². The zero-order valence-electron chi connectivity index (χ0n) is 23.6. The summed E-state index contributed by atoms with van der Waals surface area (Å²) in [6.45, 7) is 5.71. The number of carbonyl (C=O) groups is 2. The van der Waals surface area contributed by atoms with Crippen molar-refractivity contribution >= 4 is 11.9 Å². The summed E-state index contributed by atoms with van der Waals surface area (Å²) in [6, 6.07) is 20.0. The van der Waals surface area contributed by atoms with E-state index in [1.807, 2.05) is 39.0 Å². The summed E-state index contributed by atoms with van der Waals surface area (Å²) in [4.78, 5) is 22.1. The minimum atomic E-state index is -1.05. The smallest absolute Gasteiger partial charge is 0.320 e. The Morgan fingerprint density at radius 2 is 1.38 bits per heavy atom. The number of phenolic OH excluding ortho intramolecular Hbond substituents is 1. The highest BCUT2D eigenvalue weighted by molar-refractivity contribution is 5.73. The van der Waals surface area contributed by atoms with Gasteiger partial charge in [-0.2, -0.15) is 0 Å². The van der Waals surface area contributed by atoms with E-state index in [4.69, 9.17) is 30.2 Å². The fourth-order valence-electron chi connectivity index (χ4n) is 4.52. The number of aryl methyl sites for hydroxylation is 3. The molecule has 1 atom stereocenters. The van der Waals surface area contributed by atoms with Crippen molar-refractivity contribution in [3.63, 3.8) is 0 Å². The first kappa shape index (κ1) is 30.0. The van der Waals surface area contributed by atoms with Gasteiger partial charge in [0, 0.05) is 5.56 Å². The van der Waals surface area contributed by atoms with Crippen LogP contribution in [0.2, 0.25) is 0 Å². The fraction of sp³-hybridized carbons (Fsp3) is 0.212. The lowest BCUT2D eigenvalue weighted by molar-refractivity contribution is -0.138. The molecule has 0 spiro atoms. The van der Waals surface area contributed by atoms with Crippen LogP contribution in [0.15, 0.2) is 72.8 Å². The number of ether oxygens (including phenoxy) is 3. The lowest BCUT2D eigenvalue weighted by atomic mass is 10.0. The van der Waals surface area contributed by atoms with E-state index in [0.717, 1.165) is 27.8 Å². The number of carboxylic acid groups (broad SMARTS) is 2. The number of aromatic hydroxyl groups is 1. The maximum absolute atomic E-state index is 11.0. The Morgan fingerprint density at radius 3 is 2.00 bits per heavy atom. The van der Waals surface area contributed by atoms with Gasteiger partial charge in [-0.1, -0.05) is 24.3 Å². The van der Waals surface area contributed by atoms with Crippen LogP contribution in [0.25, 0.3) is 0 Å². The molecule has 0 aliphatic heterocycles. The Balaban J connectivity index is 1.38. The van der Waals surface area contributed by atoms with E-state index in [2.05, 4.69) is 0 Å². The van der Waals surface area contributed by atoms with Gasteiger partial charge in [-0.3, -0.25) is 9.59 Å². The van der Waals surface area contributed by atoms with Crippen molar-refractivity contribution in [2.75, 3.05) is 0 Å². The molecule has 0 fully saturated rings. The normalized spacial score (nSPS) is 11.5. The number of hydrogen-bond acceptors (Lipinski definition) is 7. The molecule has 0 amide bonds. The number of rotatable bonds is 12. The van der Waals surface area contributed by atoms with Crippen LogP contribution in [0, 0.1) is 20.8 Å². The number of phenols is 1. The molecule has 0 heterocycles. The van der Waals surface area contributed by atoms with E-state index in [1.165, 1.54) is 6.07 Å². The SMILES string of the molecule is Cc1cc(CC(N)C(=O)O)ccc1Oc1ccc(O)c(COc2ccc(Oc3c(C)cc(CC(=O)O)cc3C)cc2)c1. The fourth-order valence-corrected chi connectivity index (χ4v) is 4.52. The van der Waals surface area contributed by atoms with Crippen LogP contribution in [0.4, 0.5) is 0 Å². The molecule has 0 saturated carbocycles. The number of benzene rings is 4. The number of aliphatic carboxylic acids is 2. The minimum absolute atomic E-state index is 0.0446. The molecule has 42 heavy (non-hydrogen) atoms. The van der Waals surface area contributed by atoms with Crippen LogP contribution in [0.3, 0.4) is 0 Å². The Morgan fingerprint density at radius 1 is 0.762 bits per heavy atom. The van der Waals surface area contributed by atoms with Crippen molar-refractivity contribution < 1.29 is 39.1 Å². The number of nitrogens with two attached hydrogens (primary N) is 1. The Kier molecular flexibility index (Phi) is 9.34. The summed E-state index contributed by atoms with van der Waals surface area (Å²) in [5.74, 6) is 1.08. The predicted octanol–water partition coefficient (Wildman–Crippen LogP) is 6.06. The van der Waals surface area contributed by atoms with Crippen LogP contribution >= 0.6 is 0 Å². The first-order valence-electron chi connectivity index (χ1n) is 13.3. The van der Waals surface area contributed by atoms with Gasteiger partial charge in [0.15, 0.2) is 0 Å². The van der Waals surface area contributed by atoms with Gasteiger partial charge in [-0.05, 0) is 104 Å². The third-order valence-corrected chi connectivity index (χ3v) is 6.60. The molecule has 4 rings (SSSR count). The van der Waals surface area contributed by atoms with E-state index in [9.17, 15) is 14.7 Å². The van der Waals surface area contributed by atoms with Crippen molar-refractivity contribution in [3.8, 4) is 34.5 Å². The van der Waals surface area contributed by atoms with E-state index >= 15 is 0 Å². The summed E-state index contributed by atoms with van der Waals surface area (Å²) in [5, 5.41) is 28.5. The van der Waals surface area contributed by atoms with E-state index in [-0.39, 0.29) is 25.2 Å². The molecular formula is C33H33NO8. The Hall–Kier alpha value is -5.02. The van der Waals surface area contributed by atoms with Gasteiger partial charge in [0.1, 0.15) is 47.1 Å². The monoisotopic (exact) mass is 571 g/mol. The van der Waals surface area contributed by atoms with Gasteiger partial charge in [-0.25, -0.2) is 0 Å². The average Bonchev–Trinajstić information content (AvgIpc) is 2.92. The summed E-state index contributed by atoms with van der Waals surface area (Å²) < 4.78 is 18.0. The molecule has 0 aliphatic carbocycles. The van der Waals surface area contributed by atoms with Crippen molar-refractivity contribution in [3.05, 3.63) is 106 Å². The van der Waals surface area contributed by atoms with Crippen molar-refractivity contribution in [2.24, 2.45) is 5.73 Å². The third-order valence-electron chi connectivity index (χ3n) is 6.60. The van der Waals surface area contributed by atoms with Gasteiger partial charge < -0.3 is 35.3 Å². The third kappa shape index (κ3) is 7.80. The van der Waals surface area contributed by atoms with Crippen LogP contribution in [-0.2, 0) is 29.0 Å². The number of carboxylic acids is 2. The first-order valence-corrected chi connectivity index (χ1v) is 13.3. The summed E-state index contributed by atoms with van der Waals surface area (Å²) >= 11 is 0. The Labute approximate surface area is 243 Å². The van der Waals surface area contributed by atoms with Crippen LogP contribution in [0.1, 0.15) is 33.4 Å². The highest BCUT2D eigenvalue weighted by Gasteiger charge is 2.14. The zero-order valence-corrected chi connectivity index (χ0v) is 23.6. The molecule has 4 aromatic rings. The van der Waals surface area contributed by atoms with E-state index in [0.29, 0.717) is 34.3 Å². The molecule has 4 aromatic carbocycles. The molecule has 0 aliphatic rings. The maximum atomic E-state index is 11.0. The molecule has 0 aromatic heterocycles. The second-order valence-corrected chi connectivity index (χ2v) is 10.1. The largest absolute Gasteiger partial charge is 0.508 e. The lowest BCUT2D eigenvalue weighted by Gasteiger charge is -2.15. The molecular weight excluding hydrogens is 538 g/mol. The van der Waals surface area contributed by atoms with Gasteiger partial charge in [0.2, 0.25) is 0 Å². The van der Waals surface area contributed by atoms with E-state index in [1.54, 1.807) is 48.5 Å². The molecule has 1 unspecified atom stereocenters. The van der Waals surface area contributed by atoms with Crippen LogP contribution < -0.4 is 19.9 Å². The predicted molar refractivity (Wildman–Crippen MR) is 157 cm³/mol. The highest BCUT2D eigenvalue weighted by Crippen LogP contribution is 2.33. The van der Waals surface area contributed by atoms with Gasteiger partial charge in [-0.15, -0.1) is 0 Å². The summed E-state index contributed by atoms with van der Waals surface area (Å²) in [5.41, 5.74) is 10.2. The molecule has 5 N–H and O–H groups in total. The van der Waals surface area contributed by atoms with E-state index < -0.39 is 18.0 Å². The molecule has 9 heteroatoms. The zero-order chi connectivity index (χ0) is 30.4. The second kappa shape index (κ2) is 13.1. The molecule has 218 valence electrons. The number of hydrogen-bond donors (Lipinski definition) is 4. The van der Waals surface area contributed by atoms with Crippen LogP contribution in [-0.4, -0.2) is 33.3 Å².